The monoisotopic (exact) mass is 373 g/mol. The normalized spacial score (nSPS) is 17.0. The van der Waals surface area contributed by atoms with E-state index >= 15 is 0 Å². The molecule has 0 N–H and O–H groups in total. The molecule has 3 aromatic rings. The summed E-state index contributed by atoms with van der Waals surface area (Å²) in [6.07, 6.45) is 8.55. The molecule has 28 heavy (non-hydrogen) atoms. The molecule has 1 aromatic heterocycles. The van der Waals surface area contributed by atoms with Crippen molar-refractivity contribution in [1.82, 2.24) is 4.57 Å². The number of nitrogens with zero attached hydrogens (tertiary/aromatic N) is 1. The van der Waals surface area contributed by atoms with Gasteiger partial charge < -0.3 is 9.30 Å². The van der Waals surface area contributed by atoms with Crippen molar-refractivity contribution in [3.63, 3.8) is 0 Å². The van der Waals surface area contributed by atoms with Crippen LogP contribution in [-0.4, -0.2) is 17.6 Å². The Morgan fingerprint density at radius 2 is 1.79 bits per heavy atom. The maximum absolute atomic E-state index is 12.4. The maximum atomic E-state index is 12.4. The number of ether oxygens (including phenoxy) is 1. The number of hydrogen-bond acceptors (Lipinski definition) is 2. The van der Waals surface area contributed by atoms with E-state index in [2.05, 4.69) is 41.0 Å². The summed E-state index contributed by atoms with van der Waals surface area (Å²) >= 11 is 0. The minimum absolute atomic E-state index is 0.216. The molecule has 3 nitrogen and oxygen atoms in total. The lowest BCUT2D eigenvalue weighted by Gasteiger charge is -2.24. The van der Waals surface area contributed by atoms with Crippen LogP contribution in [0.4, 0.5) is 0 Å². The fraction of sp³-hybridized carbons (Fsp3) is 0.400. The number of hydrogen-bond donors (Lipinski definition) is 0. The van der Waals surface area contributed by atoms with Gasteiger partial charge in [-0.2, -0.15) is 0 Å². The van der Waals surface area contributed by atoms with E-state index in [4.69, 9.17) is 4.74 Å². The van der Waals surface area contributed by atoms with Gasteiger partial charge in [0.05, 0.1) is 23.9 Å². The van der Waals surface area contributed by atoms with Gasteiger partial charge in [0, 0.05) is 11.9 Å². The number of esters is 1. The molecule has 0 radical (unpaired) electrons. The van der Waals surface area contributed by atoms with E-state index in [-0.39, 0.29) is 5.97 Å². The Morgan fingerprint density at radius 1 is 1.00 bits per heavy atom. The molecular weight excluding hydrogens is 346 g/mol. The Kier molecular flexibility index (Phi) is 4.46. The Bertz CT molecular complexity index is 1030. The number of aryl methyl sites for hydroxylation is 2. The number of aromatic nitrogens is 1. The lowest BCUT2D eigenvalue weighted by Crippen LogP contribution is -2.14. The van der Waals surface area contributed by atoms with Gasteiger partial charge in [-0.25, -0.2) is 4.79 Å². The molecule has 2 aliphatic rings. The molecule has 0 amide bonds. The van der Waals surface area contributed by atoms with Crippen LogP contribution in [0.1, 0.15) is 65.9 Å². The summed E-state index contributed by atoms with van der Waals surface area (Å²) in [7, 11) is 1.48. The van der Waals surface area contributed by atoms with Crippen LogP contribution in [0.5, 0.6) is 0 Å². The van der Waals surface area contributed by atoms with Crippen molar-refractivity contribution in [3.8, 4) is 11.3 Å². The van der Waals surface area contributed by atoms with Gasteiger partial charge in [-0.3, -0.25) is 0 Å². The van der Waals surface area contributed by atoms with Gasteiger partial charge in [-0.15, -0.1) is 0 Å². The molecule has 1 aliphatic heterocycles. The van der Waals surface area contributed by atoms with Crippen LogP contribution < -0.4 is 0 Å². The van der Waals surface area contributed by atoms with Gasteiger partial charge in [0.15, 0.2) is 0 Å². The number of carbonyl (C=O) groups is 1. The smallest absolute Gasteiger partial charge is 0.338 e. The zero-order valence-electron chi connectivity index (χ0n) is 16.5. The highest BCUT2D eigenvalue weighted by molar-refractivity contribution is 6.02. The Balaban J connectivity index is 1.84. The first-order chi connectivity index (χ1) is 13.8. The summed E-state index contributed by atoms with van der Waals surface area (Å²) in [6, 6.07) is 15.0. The lowest BCUT2D eigenvalue weighted by molar-refractivity contribution is 0.0599. The molecule has 0 spiro atoms. The van der Waals surface area contributed by atoms with Crippen molar-refractivity contribution in [1.29, 1.82) is 0 Å². The molecule has 0 saturated heterocycles. The zero-order valence-corrected chi connectivity index (χ0v) is 16.5. The fourth-order valence-corrected chi connectivity index (χ4v) is 5.45. The molecule has 2 aromatic carbocycles. The second-order valence-corrected chi connectivity index (χ2v) is 8.20. The van der Waals surface area contributed by atoms with Gasteiger partial charge in [-0.1, -0.05) is 55.7 Å². The van der Waals surface area contributed by atoms with E-state index in [0.29, 0.717) is 5.92 Å². The Morgan fingerprint density at radius 3 is 2.54 bits per heavy atom. The first kappa shape index (κ1) is 17.5. The average molecular weight is 373 g/mol. The molecule has 1 saturated carbocycles. The SMILES string of the molecule is COC(=O)c1ccc2c(C3CCCCC3)c(-c3ccccc3)n3c2c1CCC3. The quantitative estimate of drug-likeness (QED) is 0.520. The maximum Gasteiger partial charge on any atom is 0.338 e. The van der Waals surface area contributed by atoms with Gasteiger partial charge in [0.25, 0.3) is 0 Å². The molecule has 3 heteroatoms. The van der Waals surface area contributed by atoms with E-state index in [1.807, 2.05) is 6.07 Å². The van der Waals surface area contributed by atoms with Crippen molar-refractivity contribution in [3.05, 3.63) is 59.2 Å². The molecule has 1 fully saturated rings. The second kappa shape index (κ2) is 7.12. The molecule has 1 aliphatic carbocycles. The van der Waals surface area contributed by atoms with Crippen LogP contribution in [0, 0.1) is 0 Å². The van der Waals surface area contributed by atoms with Crippen molar-refractivity contribution in [2.75, 3.05) is 7.11 Å². The number of benzene rings is 2. The van der Waals surface area contributed by atoms with E-state index in [1.165, 1.54) is 72.5 Å². The highest BCUT2D eigenvalue weighted by atomic mass is 16.5. The molecule has 144 valence electrons. The van der Waals surface area contributed by atoms with E-state index in [1.54, 1.807) is 0 Å². The third-order valence-electron chi connectivity index (χ3n) is 6.64. The largest absolute Gasteiger partial charge is 0.465 e. The molecular formula is C25H27NO2. The van der Waals surface area contributed by atoms with Crippen molar-refractivity contribution < 1.29 is 9.53 Å². The number of methoxy groups -OCH3 is 1. The topological polar surface area (TPSA) is 31.2 Å². The lowest BCUT2D eigenvalue weighted by atomic mass is 9.81. The Hall–Kier alpha value is -2.55. The zero-order chi connectivity index (χ0) is 19.1. The predicted molar refractivity (Wildman–Crippen MR) is 113 cm³/mol. The van der Waals surface area contributed by atoms with Crippen LogP contribution in [0.2, 0.25) is 0 Å². The number of carbonyl (C=O) groups excluding carboxylic acids is 1. The van der Waals surface area contributed by atoms with Crippen molar-refractivity contribution >= 4 is 16.9 Å². The van der Waals surface area contributed by atoms with Gasteiger partial charge in [0.2, 0.25) is 0 Å². The molecule has 0 unspecified atom stereocenters. The molecule has 5 rings (SSSR count). The number of rotatable bonds is 3. The highest BCUT2D eigenvalue weighted by Gasteiger charge is 2.30. The van der Waals surface area contributed by atoms with Gasteiger partial charge >= 0.3 is 5.97 Å². The van der Waals surface area contributed by atoms with E-state index in [9.17, 15) is 4.79 Å². The highest BCUT2D eigenvalue weighted by Crippen LogP contribution is 2.46. The molecule has 0 bridgehead atoms. The summed E-state index contributed by atoms with van der Waals surface area (Å²) in [5.74, 6) is 0.398. The first-order valence-corrected chi connectivity index (χ1v) is 10.6. The van der Waals surface area contributed by atoms with Crippen LogP contribution in [0.3, 0.4) is 0 Å². The third-order valence-corrected chi connectivity index (χ3v) is 6.64. The van der Waals surface area contributed by atoms with E-state index in [0.717, 1.165) is 24.9 Å². The van der Waals surface area contributed by atoms with Crippen LogP contribution >= 0.6 is 0 Å². The summed E-state index contributed by atoms with van der Waals surface area (Å²) in [4.78, 5) is 12.4. The van der Waals surface area contributed by atoms with Crippen LogP contribution in [-0.2, 0) is 17.7 Å². The summed E-state index contributed by atoms with van der Waals surface area (Å²) in [5.41, 5.74) is 7.38. The first-order valence-electron chi connectivity index (χ1n) is 10.6. The van der Waals surface area contributed by atoms with Crippen molar-refractivity contribution in [2.45, 2.75) is 57.4 Å². The summed E-state index contributed by atoms with van der Waals surface area (Å²) < 4.78 is 7.58. The minimum Gasteiger partial charge on any atom is -0.465 e. The standard InChI is InChI=1S/C25H27NO2/c1-28-25(27)20-14-15-21-22(17-9-4-2-5-10-17)23(18-11-6-3-7-12-18)26-16-8-13-19(20)24(21)26/h3,6-7,11-12,14-15,17H,2,4-5,8-10,13,16H2,1H3. The van der Waals surface area contributed by atoms with Crippen molar-refractivity contribution in [2.24, 2.45) is 0 Å². The molecule has 0 atom stereocenters. The van der Waals surface area contributed by atoms with Gasteiger partial charge in [0.1, 0.15) is 0 Å². The average Bonchev–Trinajstić information content (AvgIpc) is 3.11. The van der Waals surface area contributed by atoms with E-state index < -0.39 is 0 Å². The molecule has 2 heterocycles. The summed E-state index contributed by atoms with van der Waals surface area (Å²) in [5, 5.41) is 1.35. The predicted octanol–water partition coefficient (Wildman–Crippen LogP) is 6.09. The van der Waals surface area contributed by atoms with Crippen LogP contribution in [0.15, 0.2) is 42.5 Å². The third kappa shape index (κ3) is 2.68. The minimum atomic E-state index is -0.216. The van der Waals surface area contributed by atoms with Gasteiger partial charge in [-0.05, 0) is 54.4 Å². The Labute approximate surface area is 166 Å². The second-order valence-electron chi connectivity index (χ2n) is 8.20. The fourth-order valence-electron chi connectivity index (χ4n) is 5.45. The van der Waals surface area contributed by atoms with Crippen LogP contribution in [0.25, 0.3) is 22.2 Å². The summed E-state index contributed by atoms with van der Waals surface area (Å²) in [6.45, 7) is 1.02.